The minimum Gasteiger partial charge on any atom is -0.166 e. The first-order valence-electron chi connectivity index (χ1n) is 3.46. The van der Waals surface area contributed by atoms with Gasteiger partial charge in [0.15, 0.2) is 0 Å². The summed E-state index contributed by atoms with van der Waals surface area (Å²) < 4.78 is 71.9. The summed E-state index contributed by atoms with van der Waals surface area (Å²) in [4.78, 5) is 0. The normalized spacial score (nSPS) is 12.1. The highest BCUT2D eigenvalue weighted by Crippen LogP contribution is 2.34. The van der Waals surface area contributed by atoms with Crippen molar-refractivity contribution in [2.24, 2.45) is 0 Å². The van der Waals surface area contributed by atoms with Crippen molar-refractivity contribution in [2.45, 2.75) is 19.8 Å². The fourth-order valence-corrected chi connectivity index (χ4v) is 0.872. The van der Waals surface area contributed by atoms with Crippen LogP contribution in [0, 0.1) is 0 Å². The first-order valence-corrected chi connectivity index (χ1v) is 3.46. The molecule has 0 bridgehead atoms. The Morgan fingerprint density at radius 2 is 1.07 bits per heavy atom. The molecule has 0 amide bonds. The molecule has 0 saturated heterocycles. The summed E-state index contributed by atoms with van der Waals surface area (Å²) in [6, 6.07) is 2.00. The highest BCUT2D eigenvalue weighted by molar-refractivity contribution is 5.27. The molecular formula is C9H8F6. The van der Waals surface area contributed by atoms with Crippen LogP contribution < -0.4 is 0 Å². The molecule has 0 aliphatic carbocycles. The molecule has 0 heterocycles. The van der Waals surface area contributed by atoms with E-state index < -0.39 is 23.5 Å². The number of hydrogen-bond acceptors (Lipinski definition) is 0. The van der Waals surface area contributed by atoms with Crippen molar-refractivity contribution in [1.82, 2.24) is 0 Å². The molecule has 6 heteroatoms. The van der Waals surface area contributed by atoms with E-state index in [-0.39, 0.29) is 13.5 Å². The Morgan fingerprint density at radius 1 is 0.733 bits per heavy atom. The minimum absolute atomic E-state index is 0. The third kappa shape index (κ3) is 3.45. The average Bonchev–Trinajstić information content (AvgIpc) is 2.01. The third-order valence-electron chi connectivity index (χ3n) is 1.52. The molecule has 0 fully saturated rings. The van der Waals surface area contributed by atoms with Gasteiger partial charge >= 0.3 is 12.4 Å². The molecule has 0 saturated carbocycles. The van der Waals surface area contributed by atoms with Crippen LogP contribution in [0.4, 0.5) is 26.3 Å². The maximum atomic E-state index is 12.0. The zero-order valence-electron chi connectivity index (χ0n) is 6.58. The van der Waals surface area contributed by atoms with Gasteiger partial charge in [0.05, 0.1) is 11.1 Å². The maximum Gasteiger partial charge on any atom is 0.416 e. The average molecular weight is 230 g/mol. The molecular weight excluding hydrogens is 222 g/mol. The van der Waals surface area contributed by atoms with Gasteiger partial charge in [-0.05, 0) is 18.2 Å². The van der Waals surface area contributed by atoms with Crippen LogP contribution in [0.3, 0.4) is 0 Å². The van der Waals surface area contributed by atoms with Gasteiger partial charge in [-0.25, -0.2) is 0 Å². The number of benzene rings is 1. The Balaban J connectivity index is 0.00000196. The van der Waals surface area contributed by atoms with Gasteiger partial charge in [-0.1, -0.05) is 13.5 Å². The van der Waals surface area contributed by atoms with Crippen molar-refractivity contribution in [1.29, 1.82) is 0 Å². The summed E-state index contributed by atoms with van der Waals surface area (Å²) in [5.41, 5.74) is -2.60. The van der Waals surface area contributed by atoms with E-state index in [2.05, 4.69) is 0 Å². The molecule has 0 aliphatic rings. The van der Waals surface area contributed by atoms with Crippen molar-refractivity contribution < 1.29 is 26.3 Å². The summed E-state index contributed by atoms with van der Waals surface area (Å²) in [6.07, 6.45) is -9.50. The van der Waals surface area contributed by atoms with E-state index in [0.717, 1.165) is 6.07 Å². The van der Waals surface area contributed by atoms with Crippen LogP contribution in [-0.2, 0) is 12.4 Å². The molecule has 0 spiro atoms. The predicted octanol–water partition coefficient (Wildman–Crippen LogP) is 4.36. The van der Waals surface area contributed by atoms with Gasteiger partial charge in [-0.2, -0.15) is 26.3 Å². The van der Waals surface area contributed by atoms with Crippen LogP contribution in [-0.4, -0.2) is 0 Å². The second-order valence-electron chi connectivity index (χ2n) is 2.58. The number of halogens is 6. The lowest BCUT2D eigenvalue weighted by Gasteiger charge is -2.10. The largest absolute Gasteiger partial charge is 0.416 e. The van der Waals surface area contributed by atoms with E-state index in [1.807, 2.05) is 0 Å². The third-order valence-corrected chi connectivity index (χ3v) is 1.52. The van der Waals surface area contributed by atoms with E-state index in [4.69, 9.17) is 0 Å². The van der Waals surface area contributed by atoms with Gasteiger partial charge in [0.1, 0.15) is 0 Å². The van der Waals surface area contributed by atoms with Crippen molar-refractivity contribution in [3.05, 3.63) is 35.4 Å². The lowest BCUT2D eigenvalue weighted by atomic mass is 10.1. The molecule has 15 heavy (non-hydrogen) atoms. The molecule has 0 aromatic heterocycles. The predicted molar refractivity (Wildman–Crippen MR) is 43.2 cm³/mol. The first kappa shape index (κ1) is 13.8. The van der Waals surface area contributed by atoms with Gasteiger partial charge in [0.2, 0.25) is 0 Å². The molecule has 86 valence electrons. The van der Waals surface area contributed by atoms with Gasteiger partial charge < -0.3 is 0 Å². The Hall–Kier alpha value is -1.20. The Bertz CT molecular complexity index is 293. The van der Waals surface area contributed by atoms with Crippen LogP contribution in [0.2, 0.25) is 0 Å². The van der Waals surface area contributed by atoms with E-state index in [1.54, 1.807) is 0 Å². The van der Waals surface area contributed by atoms with Crippen LogP contribution in [0.15, 0.2) is 24.3 Å². The quantitative estimate of drug-likeness (QED) is 0.581. The molecule has 1 aromatic carbocycles. The lowest BCUT2D eigenvalue weighted by Crippen LogP contribution is -2.09. The molecule has 0 aliphatic heterocycles. The monoisotopic (exact) mass is 230 g/mol. The standard InChI is InChI=1S/C8H4F6.CH4/c9-7(10,11)5-2-1-3-6(4-5)8(12,13)14;/h1-4H;1H4. The van der Waals surface area contributed by atoms with Gasteiger partial charge in [-0.15, -0.1) is 0 Å². The smallest absolute Gasteiger partial charge is 0.166 e. The maximum absolute atomic E-state index is 12.0. The molecule has 1 rings (SSSR count). The minimum atomic E-state index is -4.75. The summed E-state index contributed by atoms with van der Waals surface area (Å²) in [7, 11) is 0. The first-order chi connectivity index (χ1) is 6.21. The Labute approximate surface area is 82.5 Å². The summed E-state index contributed by atoms with van der Waals surface area (Å²) in [6.45, 7) is 0. The van der Waals surface area contributed by atoms with Gasteiger partial charge in [0, 0.05) is 0 Å². The van der Waals surface area contributed by atoms with Crippen LogP contribution in [0.25, 0.3) is 0 Å². The van der Waals surface area contributed by atoms with Crippen LogP contribution in [0.5, 0.6) is 0 Å². The van der Waals surface area contributed by atoms with E-state index in [0.29, 0.717) is 12.1 Å². The highest BCUT2D eigenvalue weighted by atomic mass is 19.4. The topological polar surface area (TPSA) is 0 Å². The van der Waals surface area contributed by atoms with E-state index in [1.165, 1.54) is 0 Å². The number of rotatable bonds is 0. The van der Waals surface area contributed by atoms with Crippen LogP contribution in [0.1, 0.15) is 18.6 Å². The highest BCUT2D eigenvalue weighted by Gasteiger charge is 2.35. The van der Waals surface area contributed by atoms with Gasteiger partial charge in [0.25, 0.3) is 0 Å². The fourth-order valence-electron chi connectivity index (χ4n) is 0.872. The SMILES string of the molecule is C.FC(F)(F)c1cccc(C(F)(F)F)c1. The second kappa shape index (κ2) is 4.12. The molecule has 1 aromatic rings. The van der Waals surface area contributed by atoms with E-state index >= 15 is 0 Å². The second-order valence-corrected chi connectivity index (χ2v) is 2.58. The summed E-state index contributed by atoms with van der Waals surface area (Å²) >= 11 is 0. The number of hydrogen-bond donors (Lipinski definition) is 0. The number of alkyl halides is 6. The fraction of sp³-hybridized carbons (Fsp3) is 0.333. The summed E-state index contributed by atoms with van der Waals surface area (Å²) in [5, 5.41) is 0. The molecule has 0 nitrogen and oxygen atoms in total. The van der Waals surface area contributed by atoms with Crippen molar-refractivity contribution in [3.63, 3.8) is 0 Å². The van der Waals surface area contributed by atoms with Crippen LogP contribution >= 0.6 is 0 Å². The molecule has 0 unspecified atom stereocenters. The van der Waals surface area contributed by atoms with Gasteiger partial charge in [-0.3, -0.25) is 0 Å². The lowest BCUT2D eigenvalue weighted by molar-refractivity contribution is -0.143. The summed E-state index contributed by atoms with van der Waals surface area (Å²) in [5.74, 6) is 0. The van der Waals surface area contributed by atoms with Crippen molar-refractivity contribution in [2.75, 3.05) is 0 Å². The van der Waals surface area contributed by atoms with E-state index in [9.17, 15) is 26.3 Å². The molecule has 0 N–H and O–H groups in total. The Morgan fingerprint density at radius 3 is 1.33 bits per heavy atom. The molecule has 0 radical (unpaired) electrons. The van der Waals surface area contributed by atoms with Crippen molar-refractivity contribution in [3.8, 4) is 0 Å². The zero-order valence-corrected chi connectivity index (χ0v) is 6.58. The van der Waals surface area contributed by atoms with Crippen molar-refractivity contribution >= 4 is 0 Å². The molecule has 0 atom stereocenters. The Kier molecular flexibility index (Phi) is 3.79. The zero-order chi connectivity index (χ0) is 11.0.